The topological polar surface area (TPSA) is 104 Å². The number of nitrogens with zero attached hydrogens (tertiary/aromatic N) is 1. The van der Waals surface area contributed by atoms with Gasteiger partial charge < -0.3 is 14.2 Å². The van der Waals surface area contributed by atoms with Crippen molar-refractivity contribution in [3.05, 3.63) is 66.4 Å². The van der Waals surface area contributed by atoms with Gasteiger partial charge in [0.25, 0.3) is 5.91 Å². The molecule has 0 aliphatic heterocycles. The summed E-state index contributed by atoms with van der Waals surface area (Å²) in [5, 5.41) is 0. The van der Waals surface area contributed by atoms with Crippen molar-refractivity contribution in [3.63, 3.8) is 0 Å². The van der Waals surface area contributed by atoms with E-state index in [1.807, 2.05) is 4.72 Å². The molecule has 0 atom stereocenters. The van der Waals surface area contributed by atoms with Gasteiger partial charge >= 0.3 is 6.36 Å². The summed E-state index contributed by atoms with van der Waals surface area (Å²) >= 11 is 0. The maximum Gasteiger partial charge on any atom is 0.573 e. The number of nitrogens with one attached hydrogen (secondary N) is 1. The van der Waals surface area contributed by atoms with Crippen molar-refractivity contribution in [2.24, 2.45) is 0 Å². The smallest absolute Gasteiger partial charge is 0.481 e. The van der Waals surface area contributed by atoms with Crippen molar-refractivity contribution < 1.29 is 40.6 Å². The number of amides is 1. The second kappa shape index (κ2) is 9.36. The van der Waals surface area contributed by atoms with E-state index in [0.717, 1.165) is 12.3 Å². The average molecular weight is 482 g/mol. The van der Waals surface area contributed by atoms with Crippen LogP contribution in [0.3, 0.4) is 0 Å². The monoisotopic (exact) mass is 482 g/mol. The largest absolute Gasteiger partial charge is 0.573 e. The number of carbonyl (C=O) groups is 1. The number of hydrogen-bond acceptors (Lipinski definition) is 7. The van der Waals surface area contributed by atoms with Gasteiger partial charge in [-0.1, -0.05) is 12.1 Å². The van der Waals surface area contributed by atoms with Gasteiger partial charge in [0.05, 0.1) is 13.4 Å². The van der Waals surface area contributed by atoms with E-state index in [1.165, 1.54) is 49.7 Å². The summed E-state index contributed by atoms with van der Waals surface area (Å²) in [6.45, 7) is 0. The van der Waals surface area contributed by atoms with Crippen LogP contribution in [0.25, 0.3) is 11.1 Å². The summed E-state index contributed by atoms with van der Waals surface area (Å²) in [6.07, 6.45) is -2.66. The fourth-order valence-electron chi connectivity index (χ4n) is 2.82. The van der Waals surface area contributed by atoms with Crippen LogP contribution in [0.4, 0.5) is 13.2 Å². The average Bonchev–Trinajstić information content (AvgIpc) is 2.73. The Morgan fingerprint density at radius 1 is 0.970 bits per heavy atom. The van der Waals surface area contributed by atoms with E-state index in [1.54, 1.807) is 12.1 Å². The minimum Gasteiger partial charge on any atom is -0.481 e. The molecule has 1 N–H and O–H groups in total. The molecule has 1 amide bonds. The van der Waals surface area contributed by atoms with Crippen LogP contribution in [0.2, 0.25) is 0 Å². The lowest BCUT2D eigenvalue weighted by atomic mass is 10.0. The predicted octanol–water partition coefficient (Wildman–Crippen LogP) is 4.14. The van der Waals surface area contributed by atoms with E-state index in [-0.39, 0.29) is 28.5 Å². The van der Waals surface area contributed by atoms with Gasteiger partial charge in [0.1, 0.15) is 5.75 Å². The van der Waals surface area contributed by atoms with Gasteiger partial charge in [-0.15, -0.1) is 13.2 Å². The van der Waals surface area contributed by atoms with Crippen molar-refractivity contribution >= 4 is 15.9 Å². The summed E-state index contributed by atoms with van der Waals surface area (Å²) in [4.78, 5) is 16.4. The number of aromatic nitrogens is 1. The molecule has 0 bridgehead atoms. The summed E-state index contributed by atoms with van der Waals surface area (Å²) < 4.78 is 78.1. The molecule has 0 saturated carbocycles. The van der Waals surface area contributed by atoms with Gasteiger partial charge in [0.15, 0.2) is 11.5 Å². The number of benzene rings is 2. The Balaban J connectivity index is 2.12. The van der Waals surface area contributed by atoms with Crippen molar-refractivity contribution in [1.29, 1.82) is 0 Å². The Bertz CT molecular complexity index is 1280. The molecule has 8 nitrogen and oxygen atoms in total. The van der Waals surface area contributed by atoms with E-state index in [9.17, 15) is 26.4 Å². The van der Waals surface area contributed by atoms with Gasteiger partial charge in [-0.25, -0.2) is 18.1 Å². The van der Waals surface area contributed by atoms with Crippen LogP contribution in [0.5, 0.6) is 23.1 Å². The molecule has 0 fully saturated rings. The molecule has 0 spiro atoms. The zero-order valence-corrected chi connectivity index (χ0v) is 18.0. The lowest BCUT2D eigenvalue weighted by Gasteiger charge is -2.17. The molecule has 12 heteroatoms. The number of halogens is 3. The second-order valence-corrected chi connectivity index (χ2v) is 8.32. The van der Waals surface area contributed by atoms with Crippen LogP contribution in [0.1, 0.15) is 10.4 Å². The quantitative estimate of drug-likeness (QED) is 0.540. The molecule has 1 aromatic heterocycles. The third-order valence-corrected chi connectivity index (χ3v) is 4.63. The fourth-order valence-corrected chi connectivity index (χ4v) is 3.27. The molecular weight excluding hydrogens is 465 g/mol. The molecule has 0 radical (unpaired) electrons. The molecular formula is C21H17F3N2O6S. The Labute approximate surface area is 187 Å². The van der Waals surface area contributed by atoms with Crippen LogP contribution < -0.4 is 18.9 Å². The van der Waals surface area contributed by atoms with Crippen molar-refractivity contribution in [1.82, 2.24) is 9.71 Å². The zero-order valence-electron chi connectivity index (χ0n) is 17.2. The molecule has 3 rings (SSSR count). The van der Waals surface area contributed by atoms with Crippen molar-refractivity contribution in [2.45, 2.75) is 6.36 Å². The highest BCUT2D eigenvalue weighted by molar-refractivity contribution is 7.89. The number of para-hydroxylation sites is 2. The van der Waals surface area contributed by atoms with Gasteiger partial charge in [-0.2, -0.15) is 0 Å². The molecule has 0 aliphatic rings. The van der Waals surface area contributed by atoms with Gasteiger partial charge in [-0.05, 0) is 42.5 Å². The van der Waals surface area contributed by atoms with Crippen LogP contribution >= 0.6 is 0 Å². The fraction of sp³-hybridized carbons (Fsp3) is 0.143. The van der Waals surface area contributed by atoms with E-state index in [4.69, 9.17) is 9.47 Å². The SMILES string of the molecule is COc1ncccc1-c1cc(C(=O)NS(C)(=O)=O)ccc1Oc1ccccc1OC(F)(F)F. The normalized spacial score (nSPS) is 11.5. The first kappa shape index (κ1) is 23.9. The molecule has 0 unspecified atom stereocenters. The predicted molar refractivity (Wildman–Crippen MR) is 112 cm³/mol. The van der Waals surface area contributed by atoms with E-state index in [2.05, 4.69) is 9.72 Å². The number of alkyl halides is 3. The first-order valence-electron chi connectivity index (χ1n) is 9.15. The number of methoxy groups -OCH3 is 1. The highest BCUT2D eigenvalue weighted by Crippen LogP contribution is 2.41. The number of hydrogen-bond donors (Lipinski definition) is 1. The molecule has 0 saturated heterocycles. The highest BCUT2D eigenvalue weighted by Gasteiger charge is 2.32. The third-order valence-electron chi connectivity index (χ3n) is 4.07. The Morgan fingerprint density at radius 2 is 1.67 bits per heavy atom. The lowest BCUT2D eigenvalue weighted by Crippen LogP contribution is -2.29. The van der Waals surface area contributed by atoms with Gasteiger partial charge in [0, 0.05) is 22.9 Å². The summed E-state index contributed by atoms with van der Waals surface area (Å²) in [5.41, 5.74) is 0.509. The van der Waals surface area contributed by atoms with Gasteiger partial charge in [0.2, 0.25) is 15.9 Å². The van der Waals surface area contributed by atoms with Crippen LogP contribution in [-0.2, 0) is 10.0 Å². The highest BCUT2D eigenvalue weighted by atomic mass is 32.2. The van der Waals surface area contributed by atoms with Crippen LogP contribution in [-0.4, -0.2) is 39.0 Å². The number of pyridine rings is 1. The van der Waals surface area contributed by atoms with Crippen molar-refractivity contribution in [2.75, 3.05) is 13.4 Å². The minimum atomic E-state index is -4.94. The second-order valence-electron chi connectivity index (χ2n) is 6.57. The number of rotatable bonds is 7. The maximum atomic E-state index is 12.8. The number of ether oxygens (including phenoxy) is 3. The first-order chi connectivity index (χ1) is 15.5. The maximum absolute atomic E-state index is 12.8. The van der Waals surface area contributed by atoms with Crippen LogP contribution in [0.15, 0.2) is 60.8 Å². The van der Waals surface area contributed by atoms with Crippen molar-refractivity contribution in [3.8, 4) is 34.3 Å². The molecule has 33 heavy (non-hydrogen) atoms. The zero-order chi connectivity index (χ0) is 24.2. The number of sulfonamides is 1. The van der Waals surface area contributed by atoms with E-state index in [0.29, 0.717) is 5.56 Å². The standard InChI is InChI=1S/C21H17F3N2O6S/c1-30-20-14(6-5-11-25-20)15-12-13(19(27)26-33(2,28)29)9-10-16(15)31-17-7-3-4-8-18(17)32-21(22,23)24/h3-12H,1-2H3,(H,26,27). The van der Waals surface area contributed by atoms with Crippen LogP contribution in [0, 0.1) is 0 Å². The van der Waals surface area contributed by atoms with E-state index < -0.39 is 28.0 Å². The summed E-state index contributed by atoms with van der Waals surface area (Å²) in [6, 6.07) is 12.2. The minimum absolute atomic E-state index is 0.0374. The molecule has 0 aliphatic carbocycles. The Morgan fingerprint density at radius 3 is 2.30 bits per heavy atom. The molecule has 174 valence electrons. The molecule has 1 heterocycles. The lowest BCUT2D eigenvalue weighted by molar-refractivity contribution is -0.275. The summed E-state index contributed by atoms with van der Waals surface area (Å²) in [5.74, 6) is -1.55. The summed E-state index contributed by atoms with van der Waals surface area (Å²) in [7, 11) is -2.47. The number of carbonyl (C=O) groups excluding carboxylic acids is 1. The third kappa shape index (κ3) is 6.35. The molecule has 3 aromatic rings. The first-order valence-corrected chi connectivity index (χ1v) is 11.0. The molecule has 2 aromatic carbocycles. The van der Waals surface area contributed by atoms with E-state index >= 15 is 0 Å². The Hall–Kier alpha value is -3.80. The Kier molecular flexibility index (Phi) is 6.77. The van der Waals surface area contributed by atoms with Gasteiger partial charge in [-0.3, -0.25) is 4.79 Å².